The lowest BCUT2D eigenvalue weighted by atomic mass is 10.7. The van der Waals surface area contributed by atoms with E-state index < -0.39 is 11.4 Å². The molecule has 0 bridgehead atoms. The average molecular weight is 138 g/mol. The fourth-order valence-electron chi connectivity index (χ4n) is 0.127. The Hall–Kier alpha value is -0.580. The molecule has 2 nitrogen and oxygen atoms in total. The summed E-state index contributed by atoms with van der Waals surface area (Å²) in [5.74, 6) is 0. The normalized spacial score (nSPS) is 8.88. The molecule has 0 saturated heterocycles. The summed E-state index contributed by atoms with van der Waals surface area (Å²) < 4.78 is 22.6. The smallest absolute Gasteiger partial charge is 0.267 e. The van der Waals surface area contributed by atoms with Crippen LogP contribution in [0.5, 0.6) is 0 Å². The van der Waals surface area contributed by atoms with Crippen LogP contribution in [0.2, 0.25) is 0 Å². The Morgan fingerprint density at radius 1 is 1.75 bits per heavy atom. The van der Waals surface area contributed by atoms with Gasteiger partial charge in [-0.2, -0.15) is 5.10 Å². The van der Waals surface area contributed by atoms with Crippen molar-refractivity contribution in [3.63, 3.8) is 0 Å². The van der Waals surface area contributed by atoms with Crippen molar-refractivity contribution in [3.8, 4) is 0 Å². The Bertz CT molecular complexity index is 103. The predicted octanol–water partition coefficient (Wildman–Crippen LogP) is 0.784. The predicted molar refractivity (Wildman–Crippen MR) is 31.3 cm³/mol. The van der Waals surface area contributed by atoms with Gasteiger partial charge in [0.15, 0.2) is 4.99 Å². The van der Waals surface area contributed by atoms with E-state index in [1.807, 2.05) is 5.43 Å². The van der Waals surface area contributed by atoms with Crippen molar-refractivity contribution in [3.05, 3.63) is 0 Å². The Labute approximate surface area is 50.6 Å². The van der Waals surface area contributed by atoms with Crippen LogP contribution in [0.25, 0.3) is 0 Å². The van der Waals surface area contributed by atoms with E-state index >= 15 is 0 Å². The van der Waals surface area contributed by atoms with Crippen LogP contribution in [0, 0.1) is 0 Å². The number of alkyl halides is 2. The zero-order valence-electron chi connectivity index (χ0n) is 3.90. The number of halogens is 2. The van der Waals surface area contributed by atoms with Gasteiger partial charge in [-0.1, -0.05) is 12.2 Å². The number of rotatable bonds is 2. The van der Waals surface area contributed by atoms with Crippen molar-refractivity contribution < 1.29 is 8.78 Å². The molecule has 0 heterocycles. The van der Waals surface area contributed by atoms with Crippen LogP contribution < -0.4 is 5.43 Å². The molecule has 1 N–H and O–H groups in total. The van der Waals surface area contributed by atoms with E-state index in [-0.39, 0.29) is 0 Å². The molecule has 0 spiro atoms. The van der Waals surface area contributed by atoms with Crippen LogP contribution >= 0.6 is 12.2 Å². The highest BCUT2D eigenvalue weighted by molar-refractivity contribution is 7.80. The first kappa shape index (κ1) is 7.42. The van der Waals surface area contributed by atoms with Gasteiger partial charge in [0, 0.05) is 6.72 Å². The molecular formula is C3H4F2N2S. The number of thiocarbonyl (C=S) groups is 1. The molecule has 0 unspecified atom stereocenters. The maximum Gasteiger partial charge on any atom is 0.289 e. The summed E-state index contributed by atoms with van der Waals surface area (Å²) in [5, 5.41) is 2.94. The van der Waals surface area contributed by atoms with Crippen LogP contribution in [0.3, 0.4) is 0 Å². The molecule has 5 heteroatoms. The molecular weight excluding hydrogens is 134 g/mol. The summed E-state index contributed by atoms with van der Waals surface area (Å²) in [7, 11) is 0. The molecule has 0 aromatic carbocycles. The lowest BCUT2D eigenvalue weighted by molar-refractivity contribution is 0.224. The van der Waals surface area contributed by atoms with Gasteiger partial charge < -0.3 is 0 Å². The molecule has 0 aromatic rings. The highest BCUT2D eigenvalue weighted by Crippen LogP contribution is 1.92. The zero-order chi connectivity index (χ0) is 6.57. The fraction of sp³-hybridized carbons (Fsp3) is 0.333. The molecule has 0 amide bonds. The average Bonchev–Trinajstić information content (AvgIpc) is 1.67. The molecule has 0 saturated carbocycles. The van der Waals surface area contributed by atoms with Gasteiger partial charge in [0.2, 0.25) is 0 Å². The third-order valence-corrected chi connectivity index (χ3v) is 0.657. The van der Waals surface area contributed by atoms with Gasteiger partial charge in [0.1, 0.15) is 0 Å². The van der Waals surface area contributed by atoms with E-state index in [9.17, 15) is 8.78 Å². The van der Waals surface area contributed by atoms with Crippen molar-refractivity contribution in [2.75, 3.05) is 0 Å². The molecule has 0 rings (SSSR count). The van der Waals surface area contributed by atoms with E-state index in [0.29, 0.717) is 0 Å². The third-order valence-electron chi connectivity index (χ3n) is 0.387. The van der Waals surface area contributed by atoms with Gasteiger partial charge >= 0.3 is 0 Å². The molecule has 0 aliphatic heterocycles. The van der Waals surface area contributed by atoms with Gasteiger partial charge in [0.05, 0.1) is 0 Å². The molecule has 0 aromatic heterocycles. The Morgan fingerprint density at radius 2 is 2.25 bits per heavy atom. The van der Waals surface area contributed by atoms with Crippen LogP contribution in [-0.4, -0.2) is 18.1 Å². The zero-order valence-corrected chi connectivity index (χ0v) is 4.71. The van der Waals surface area contributed by atoms with Crippen LogP contribution in [0.4, 0.5) is 8.78 Å². The first-order valence-electron chi connectivity index (χ1n) is 1.72. The molecule has 0 fully saturated rings. The Morgan fingerprint density at radius 3 is 2.38 bits per heavy atom. The van der Waals surface area contributed by atoms with Crippen LogP contribution in [0.15, 0.2) is 5.10 Å². The minimum absolute atomic E-state index is 0.597. The maximum absolute atomic E-state index is 11.3. The fourth-order valence-corrected chi connectivity index (χ4v) is 0.191. The number of hydrogen-bond donors (Lipinski definition) is 1. The van der Waals surface area contributed by atoms with Crippen LogP contribution in [0.1, 0.15) is 0 Å². The van der Waals surface area contributed by atoms with E-state index in [1.165, 1.54) is 0 Å². The lowest BCUT2D eigenvalue weighted by Gasteiger charge is -1.96. The highest BCUT2D eigenvalue weighted by Gasteiger charge is 2.07. The minimum Gasteiger partial charge on any atom is -0.267 e. The van der Waals surface area contributed by atoms with Crippen LogP contribution in [-0.2, 0) is 0 Å². The highest BCUT2D eigenvalue weighted by atomic mass is 32.1. The van der Waals surface area contributed by atoms with Crippen molar-refractivity contribution in [1.29, 1.82) is 0 Å². The summed E-state index contributed by atoms with van der Waals surface area (Å²) in [6.07, 6.45) is -2.64. The number of hydrogen-bond acceptors (Lipinski definition) is 2. The van der Waals surface area contributed by atoms with Crippen molar-refractivity contribution in [2.24, 2.45) is 5.10 Å². The van der Waals surface area contributed by atoms with Gasteiger partial charge in [-0.25, -0.2) is 8.78 Å². The number of nitrogens with one attached hydrogen (secondary N) is 1. The largest absolute Gasteiger partial charge is 0.289 e. The van der Waals surface area contributed by atoms with Crippen molar-refractivity contribution in [2.45, 2.75) is 6.43 Å². The van der Waals surface area contributed by atoms with Crippen molar-refractivity contribution >= 4 is 23.9 Å². The summed E-state index contributed by atoms with van der Waals surface area (Å²) in [4.78, 5) is -0.597. The summed E-state index contributed by atoms with van der Waals surface area (Å²) in [6, 6.07) is 0. The first-order valence-corrected chi connectivity index (χ1v) is 2.13. The van der Waals surface area contributed by atoms with Gasteiger partial charge in [-0.3, -0.25) is 5.43 Å². The molecule has 0 aliphatic carbocycles. The maximum atomic E-state index is 11.3. The minimum atomic E-state index is -2.64. The Kier molecular flexibility index (Phi) is 3.18. The quantitative estimate of drug-likeness (QED) is 0.346. The standard InChI is InChI=1S/C3H4F2N2S/c1-6-7-3(8)2(4)5/h2H,1H2,(H,7,8). The third kappa shape index (κ3) is 2.57. The molecule has 46 valence electrons. The lowest BCUT2D eigenvalue weighted by Crippen LogP contribution is -2.21. The van der Waals surface area contributed by atoms with E-state index in [4.69, 9.17) is 0 Å². The summed E-state index contributed by atoms with van der Waals surface area (Å²) in [5.41, 5.74) is 1.84. The number of nitrogens with zero attached hydrogens (tertiary/aromatic N) is 1. The Balaban J connectivity index is 3.48. The molecule has 0 aliphatic rings. The van der Waals surface area contributed by atoms with Gasteiger partial charge in [-0.05, 0) is 0 Å². The van der Waals surface area contributed by atoms with Gasteiger partial charge in [-0.15, -0.1) is 0 Å². The number of hydrazone groups is 1. The molecule has 0 radical (unpaired) electrons. The van der Waals surface area contributed by atoms with E-state index in [1.54, 1.807) is 0 Å². The summed E-state index contributed by atoms with van der Waals surface area (Å²) >= 11 is 4.08. The second kappa shape index (κ2) is 3.43. The second-order valence-electron chi connectivity index (χ2n) is 0.935. The monoisotopic (exact) mass is 138 g/mol. The van der Waals surface area contributed by atoms with E-state index in [2.05, 4.69) is 24.0 Å². The topological polar surface area (TPSA) is 24.4 Å². The second-order valence-corrected chi connectivity index (χ2v) is 1.37. The molecule has 0 atom stereocenters. The summed E-state index contributed by atoms with van der Waals surface area (Å²) in [6.45, 7) is 2.90. The SMILES string of the molecule is C=NNC(=S)C(F)F. The van der Waals surface area contributed by atoms with E-state index in [0.717, 1.165) is 0 Å². The van der Waals surface area contributed by atoms with Crippen molar-refractivity contribution in [1.82, 2.24) is 5.43 Å². The first-order chi connectivity index (χ1) is 3.68. The molecule has 8 heavy (non-hydrogen) atoms. The van der Waals surface area contributed by atoms with Gasteiger partial charge in [0.25, 0.3) is 6.43 Å².